The minimum Gasteiger partial charge on any atom is -0.478 e. The number of carboxylic acids is 1. The molecule has 0 atom stereocenters. The van der Waals surface area contributed by atoms with Crippen molar-refractivity contribution < 1.29 is 19.4 Å². The Balaban J connectivity index is 1.97. The van der Waals surface area contributed by atoms with Gasteiger partial charge in [0.25, 0.3) is 0 Å². The highest BCUT2D eigenvalue weighted by molar-refractivity contribution is 5.91. The number of hydrogen-bond donors (Lipinski definition) is 1. The summed E-state index contributed by atoms with van der Waals surface area (Å²) in [6.07, 6.45) is -0.0463. The minimum absolute atomic E-state index is 0.0463. The lowest BCUT2D eigenvalue weighted by Crippen LogP contribution is -2.11. The van der Waals surface area contributed by atoms with E-state index in [4.69, 9.17) is 9.84 Å². The molecule has 0 saturated carbocycles. The third kappa shape index (κ3) is 3.68. The highest BCUT2D eigenvalue weighted by atomic mass is 16.5. The Bertz CT molecular complexity index is 605. The standard InChI is InChI=1S/C16H14O4/c17-15(20-11-12-6-2-1-3-7-12)10-13-8-4-5-9-14(13)16(18)19/h1-9H,10-11H2,(H,18,19). The van der Waals surface area contributed by atoms with E-state index in [9.17, 15) is 9.59 Å². The monoisotopic (exact) mass is 270 g/mol. The molecule has 1 N–H and O–H groups in total. The number of carbonyl (C=O) groups excluding carboxylic acids is 1. The number of carbonyl (C=O) groups is 2. The number of hydrogen-bond acceptors (Lipinski definition) is 3. The summed E-state index contributed by atoms with van der Waals surface area (Å²) in [5, 5.41) is 9.03. The van der Waals surface area contributed by atoms with Gasteiger partial charge in [0.15, 0.2) is 0 Å². The Hall–Kier alpha value is -2.62. The fourth-order valence-electron chi connectivity index (χ4n) is 1.83. The lowest BCUT2D eigenvalue weighted by molar-refractivity contribution is -0.144. The Kier molecular flexibility index (Phi) is 4.50. The lowest BCUT2D eigenvalue weighted by atomic mass is 10.1. The summed E-state index contributed by atoms with van der Waals surface area (Å²) in [7, 11) is 0. The predicted molar refractivity (Wildman–Crippen MR) is 73.3 cm³/mol. The summed E-state index contributed by atoms with van der Waals surface area (Å²) in [5.74, 6) is -1.49. The van der Waals surface area contributed by atoms with Gasteiger partial charge in [-0.05, 0) is 17.2 Å². The molecule has 2 aromatic carbocycles. The second-order valence-corrected chi connectivity index (χ2v) is 4.29. The van der Waals surface area contributed by atoms with Crippen molar-refractivity contribution in [3.05, 3.63) is 71.3 Å². The number of rotatable bonds is 5. The van der Waals surface area contributed by atoms with E-state index >= 15 is 0 Å². The van der Waals surface area contributed by atoms with E-state index in [1.807, 2.05) is 30.3 Å². The quantitative estimate of drug-likeness (QED) is 0.848. The maximum atomic E-state index is 11.7. The van der Waals surface area contributed by atoms with E-state index in [0.717, 1.165) is 5.56 Å². The van der Waals surface area contributed by atoms with Crippen molar-refractivity contribution in [1.82, 2.24) is 0 Å². The van der Waals surface area contributed by atoms with Crippen LogP contribution in [0.3, 0.4) is 0 Å². The van der Waals surface area contributed by atoms with Gasteiger partial charge in [-0.15, -0.1) is 0 Å². The molecule has 20 heavy (non-hydrogen) atoms. The van der Waals surface area contributed by atoms with Crippen LogP contribution in [0.1, 0.15) is 21.5 Å². The lowest BCUT2D eigenvalue weighted by Gasteiger charge is -2.07. The van der Waals surface area contributed by atoms with Crippen LogP contribution < -0.4 is 0 Å². The molecule has 0 bridgehead atoms. The first-order chi connectivity index (χ1) is 9.66. The fourth-order valence-corrected chi connectivity index (χ4v) is 1.83. The van der Waals surface area contributed by atoms with E-state index in [2.05, 4.69) is 0 Å². The van der Waals surface area contributed by atoms with Gasteiger partial charge in [-0.1, -0.05) is 48.5 Å². The maximum absolute atomic E-state index is 11.7. The van der Waals surface area contributed by atoms with E-state index in [1.165, 1.54) is 6.07 Å². The molecule has 0 amide bonds. The van der Waals surface area contributed by atoms with Crippen LogP contribution in [0.15, 0.2) is 54.6 Å². The average Bonchev–Trinajstić information content (AvgIpc) is 2.46. The van der Waals surface area contributed by atoms with E-state index in [-0.39, 0.29) is 18.6 Å². The third-order valence-electron chi connectivity index (χ3n) is 2.83. The molecule has 2 aromatic rings. The summed E-state index contributed by atoms with van der Waals surface area (Å²) in [5.41, 5.74) is 1.48. The fraction of sp³-hybridized carbons (Fsp3) is 0.125. The molecular formula is C16H14O4. The van der Waals surface area contributed by atoms with Crippen LogP contribution in [-0.2, 0) is 22.6 Å². The van der Waals surface area contributed by atoms with Crippen molar-refractivity contribution in [2.45, 2.75) is 13.0 Å². The first kappa shape index (κ1) is 13.8. The third-order valence-corrected chi connectivity index (χ3v) is 2.83. The molecule has 4 heteroatoms. The maximum Gasteiger partial charge on any atom is 0.335 e. The Labute approximate surface area is 116 Å². The zero-order chi connectivity index (χ0) is 14.4. The van der Waals surface area contributed by atoms with Crippen molar-refractivity contribution >= 4 is 11.9 Å². The SMILES string of the molecule is O=C(Cc1ccccc1C(=O)O)OCc1ccccc1. The molecule has 0 aliphatic carbocycles. The zero-order valence-electron chi connectivity index (χ0n) is 10.8. The normalized spacial score (nSPS) is 10.0. The molecule has 0 heterocycles. The highest BCUT2D eigenvalue weighted by Crippen LogP contribution is 2.11. The van der Waals surface area contributed by atoms with Crippen molar-refractivity contribution in [1.29, 1.82) is 0 Å². The van der Waals surface area contributed by atoms with E-state index in [0.29, 0.717) is 5.56 Å². The van der Waals surface area contributed by atoms with Gasteiger partial charge in [0, 0.05) is 0 Å². The second kappa shape index (κ2) is 6.52. The molecule has 0 aliphatic heterocycles. The number of carboxylic acid groups (broad SMARTS) is 1. The predicted octanol–water partition coefficient (Wildman–Crippen LogP) is 2.67. The Morgan fingerprint density at radius 3 is 2.30 bits per heavy atom. The smallest absolute Gasteiger partial charge is 0.335 e. The van der Waals surface area contributed by atoms with E-state index < -0.39 is 11.9 Å². The molecule has 0 saturated heterocycles. The molecule has 0 unspecified atom stereocenters. The highest BCUT2D eigenvalue weighted by Gasteiger charge is 2.13. The van der Waals surface area contributed by atoms with Crippen LogP contribution in [0, 0.1) is 0 Å². The summed E-state index contributed by atoms with van der Waals surface area (Å²) in [4.78, 5) is 22.8. The van der Waals surface area contributed by atoms with Crippen LogP contribution in [-0.4, -0.2) is 17.0 Å². The van der Waals surface area contributed by atoms with Crippen molar-refractivity contribution in [2.75, 3.05) is 0 Å². The number of esters is 1. The van der Waals surface area contributed by atoms with Gasteiger partial charge in [0.1, 0.15) is 6.61 Å². The van der Waals surface area contributed by atoms with Crippen molar-refractivity contribution in [2.24, 2.45) is 0 Å². The molecule has 0 spiro atoms. The Morgan fingerprint density at radius 2 is 1.60 bits per heavy atom. The summed E-state index contributed by atoms with van der Waals surface area (Å²) in [6.45, 7) is 0.189. The first-order valence-electron chi connectivity index (χ1n) is 6.17. The van der Waals surface area contributed by atoms with Gasteiger partial charge in [0.05, 0.1) is 12.0 Å². The van der Waals surface area contributed by atoms with Crippen LogP contribution in [0.4, 0.5) is 0 Å². The van der Waals surface area contributed by atoms with Crippen LogP contribution in [0.5, 0.6) is 0 Å². The molecule has 0 aliphatic rings. The number of benzene rings is 2. The molecular weight excluding hydrogens is 256 g/mol. The molecule has 102 valence electrons. The topological polar surface area (TPSA) is 63.6 Å². The van der Waals surface area contributed by atoms with E-state index in [1.54, 1.807) is 18.2 Å². The number of ether oxygens (including phenoxy) is 1. The molecule has 0 radical (unpaired) electrons. The first-order valence-corrected chi connectivity index (χ1v) is 6.17. The van der Waals surface area contributed by atoms with Gasteiger partial charge >= 0.3 is 11.9 Å². The van der Waals surface area contributed by atoms with Crippen LogP contribution in [0.25, 0.3) is 0 Å². The Morgan fingerprint density at radius 1 is 0.950 bits per heavy atom. The molecule has 4 nitrogen and oxygen atoms in total. The zero-order valence-corrected chi connectivity index (χ0v) is 10.8. The minimum atomic E-state index is -1.04. The summed E-state index contributed by atoms with van der Waals surface area (Å²) < 4.78 is 5.13. The van der Waals surface area contributed by atoms with Gasteiger partial charge in [-0.25, -0.2) is 4.79 Å². The van der Waals surface area contributed by atoms with Gasteiger partial charge in [-0.3, -0.25) is 4.79 Å². The van der Waals surface area contributed by atoms with Crippen molar-refractivity contribution in [3.8, 4) is 0 Å². The van der Waals surface area contributed by atoms with Gasteiger partial charge in [-0.2, -0.15) is 0 Å². The largest absolute Gasteiger partial charge is 0.478 e. The molecule has 2 rings (SSSR count). The second-order valence-electron chi connectivity index (χ2n) is 4.29. The average molecular weight is 270 g/mol. The van der Waals surface area contributed by atoms with Crippen molar-refractivity contribution in [3.63, 3.8) is 0 Å². The van der Waals surface area contributed by atoms with Crippen LogP contribution in [0.2, 0.25) is 0 Å². The molecule has 0 fully saturated rings. The van der Waals surface area contributed by atoms with Gasteiger partial charge in [0.2, 0.25) is 0 Å². The van der Waals surface area contributed by atoms with Gasteiger partial charge < -0.3 is 9.84 Å². The number of aromatic carboxylic acids is 1. The van der Waals surface area contributed by atoms with Crippen LogP contribution >= 0.6 is 0 Å². The summed E-state index contributed by atoms with van der Waals surface area (Å²) in [6, 6.07) is 15.8. The summed E-state index contributed by atoms with van der Waals surface area (Å²) >= 11 is 0. The molecule has 0 aromatic heterocycles.